The van der Waals surface area contributed by atoms with Crippen molar-refractivity contribution in [2.24, 2.45) is 5.92 Å². The lowest BCUT2D eigenvalue weighted by Gasteiger charge is -1.98. The van der Waals surface area contributed by atoms with Crippen molar-refractivity contribution >= 4 is 19.5 Å². The van der Waals surface area contributed by atoms with Gasteiger partial charge in [-0.1, -0.05) is 13.0 Å². The molecule has 0 aliphatic heterocycles. The first-order chi connectivity index (χ1) is 5.00. The van der Waals surface area contributed by atoms with Gasteiger partial charge in [0.1, 0.15) is 0 Å². The van der Waals surface area contributed by atoms with Crippen LogP contribution in [0.3, 0.4) is 0 Å². The molecule has 60 valence electrons. The molecule has 0 rings (SSSR count). The second-order valence-electron chi connectivity index (χ2n) is 2.27. The van der Waals surface area contributed by atoms with Gasteiger partial charge in [0.15, 0.2) is 10.8 Å². The van der Waals surface area contributed by atoms with E-state index in [1.165, 1.54) is 6.08 Å². The van der Waals surface area contributed by atoms with Gasteiger partial charge < -0.3 is 4.46 Å². The Kier molecular flexibility index (Phi) is 3.74. The Morgan fingerprint density at radius 3 is 2.27 bits per heavy atom. The fourth-order valence-electron chi connectivity index (χ4n) is 0.487. The number of rotatable bonds is 4. The summed E-state index contributed by atoms with van der Waals surface area (Å²) < 4.78 is 10.9. The largest absolute Gasteiger partial charge is 0.421 e. The van der Waals surface area contributed by atoms with Gasteiger partial charge in [-0.15, -0.1) is 6.58 Å². The smallest absolute Gasteiger partial charge is 0.370 e. The van der Waals surface area contributed by atoms with Crippen LogP contribution in [0.2, 0.25) is 0 Å². The van der Waals surface area contributed by atoms with E-state index in [-0.39, 0.29) is 0 Å². The fraction of sp³-hybridized carbons (Fsp3) is 0.429. The predicted molar refractivity (Wildman–Crippen MR) is 41.5 cm³/mol. The molecule has 0 saturated carbocycles. The number of hydrogen-bond donors (Lipinski definition) is 0. The molecule has 0 aliphatic rings. The van der Waals surface area contributed by atoms with Crippen molar-refractivity contribution in [3.8, 4) is 0 Å². The highest BCUT2D eigenvalue weighted by Gasteiger charge is 2.25. The molecule has 0 N–H and O–H groups in total. The second kappa shape index (κ2) is 4.08. The van der Waals surface area contributed by atoms with Gasteiger partial charge in [-0.3, -0.25) is 9.59 Å². The van der Waals surface area contributed by atoms with Crippen LogP contribution in [0.4, 0.5) is 0 Å². The van der Waals surface area contributed by atoms with Gasteiger partial charge in [-0.2, -0.15) is 0 Å². The van der Waals surface area contributed by atoms with Gasteiger partial charge in [0.2, 0.25) is 0 Å². The van der Waals surface area contributed by atoms with Gasteiger partial charge >= 0.3 is 8.68 Å². The van der Waals surface area contributed by atoms with Crippen LogP contribution in [0.5, 0.6) is 0 Å². The average molecular weight is 170 g/mol. The normalized spacial score (nSPS) is 11.8. The molecule has 0 aromatic rings. The van der Waals surface area contributed by atoms with Gasteiger partial charge in [0, 0.05) is 5.92 Å². The molecule has 0 fully saturated rings. The Labute approximate surface area is 66.8 Å². The predicted octanol–water partition coefficient (Wildman–Crippen LogP) is 0.467. The summed E-state index contributed by atoms with van der Waals surface area (Å²) in [4.78, 5) is 21.4. The van der Waals surface area contributed by atoms with Crippen molar-refractivity contribution in [3.05, 3.63) is 12.7 Å². The third kappa shape index (κ3) is 2.67. The molecular formula is C7H10O3Si. The van der Waals surface area contributed by atoms with E-state index in [1.807, 2.05) is 0 Å². The van der Waals surface area contributed by atoms with Crippen molar-refractivity contribution in [1.29, 1.82) is 0 Å². The Morgan fingerprint density at radius 2 is 2.00 bits per heavy atom. The highest BCUT2D eigenvalue weighted by Crippen LogP contribution is 1.97. The molecule has 0 radical (unpaired) electrons. The topological polar surface area (TPSA) is 51.2 Å². The third-order valence-corrected chi connectivity index (χ3v) is 2.85. The van der Waals surface area contributed by atoms with E-state index in [9.17, 15) is 14.1 Å². The Bertz CT molecular complexity index is 220. The maximum Gasteiger partial charge on any atom is 0.421 e. The minimum Gasteiger partial charge on any atom is -0.370 e. The van der Waals surface area contributed by atoms with Crippen LogP contribution in [0.25, 0.3) is 0 Å². The van der Waals surface area contributed by atoms with Crippen molar-refractivity contribution in [3.63, 3.8) is 0 Å². The molecule has 1 unspecified atom stereocenters. The average Bonchev–Trinajstić information content (AvgIpc) is 2.00. The fourth-order valence-corrected chi connectivity index (χ4v) is 1.37. The van der Waals surface area contributed by atoms with E-state index in [4.69, 9.17) is 0 Å². The number of hydrogen-bond acceptors (Lipinski definition) is 3. The molecule has 0 amide bonds. The molecule has 0 aliphatic carbocycles. The van der Waals surface area contributed by atoms with E-state index in [0.29, 0.717) is 0 Å². The quantitative estimate of drug-likeness (QED) is 0.455. The highest BCUT2D eigenvalue weighted by atomic mass is 28.3. The van der Waals surface area contributed by atoms with Crippen molar-refractivity contribution in [2.45, 2.75) is 13.8 Å². The zero-order valence-electron chi connectivity index (χ0n) is 6.59. The SMILES string of the molecule is C=CC(C)C(=O)[Si](=O)C(C)=O. The Morgan fingerprint density at radius 1 is 1.55 bits per heavy atom. The molecule has 0 saturated heterocycles. The molecule has 0 aromatic carbocycles. The summed E-state index contributed by atoms with van der Waals surface area (Å²) >= 11 is 0. The minimum absolute atomic E-state index is 0.481. The molecule has 0 bridgehead atoms. The van der Waals surface area contributed by atoms with E-state index < -0.39 is 25.4 Å². The lowest BCUT2D eigenvalue weighted by atomic mass is 10.2. The molecule has 3 nitrogen and oxygen atoms in total. The molecule has 0 spiro atoms. The van der Waals surface area contributed by atoms with Crippen LogP contribution in [-0.4, -0.2) is 19.5 Å². The Balaban J connectivity index is 4.37. The summed E-state index contributed by atoms with van der Waals surface area (Å²) in [5, 5.41) is -1.04. The van der Waals surface area contributed by atoms with Crippen molar-refractivity contribution in [2.75, 3.05) is 0 Å². The summed E-state index contributed by atoms with van der Waals surface area (Å²) in [6.07, 6.45) is 1.38. The molecule has 0 heterocycles. The number of allylic oxidation sites excluding steroid dienone is 1. The molecule has 1 atom stereocenters. The zero-order valence-corrected chi connectivity index (χ0v) is 7.59. The van der Waals surface area contributed by atoms with Crippen LogP contribution < -0.4 is 0 Å². The summed E-state index contributed by atoms with van der Waals surface area (Å²) in [5.74, 6) is -0.481. The van der Waals surface area contributed by atoms with Gasteiger partial charge in [0.05, 0.1) is 0 Å². The summed E-state index contributed by atoms with van der Waals surface area (Å²) in [7, 11) is -2.69. The first kappa shape index (κ1) is 10.1. The first-order valence-electron chi connectivity index (χ1n) is 3.22. The molecule has 0 aromatic heterocycles. The third-order valence-electron chi connectivity index (χ3n) is 1.31. The minimum atomic E-state index is -2.69. The molecule has 4 heteroatoms. The Hall–Kier alpha value is -0.903. The molecule has 11 heavy (non-hydrogen) atoms. The first-order valence-corrected chi connectivity index (χ1v) is 4.63. The lowest BCUT2D eigenvalue weighted by molar-refractivity contribution is -0.116. The number of carbonyl (C=O) groups is 2. The van der Waals surface area contributed by atoms with Gasteiger partial charge in [0.25, 0.3) is 0 Å². The zero-order chi connectivity index (χ0) is 9.02. The summed E-state index contributed by atoms with van der Waals surface area (Å²) in [6, 6.07) is 0. The van der Waals surface area contributed by atoms with Crippen LogP contribution in [0.15, 0.2) is 12.7 Å². The number of carbonyl (C=O) groups excluding carboxylic acids is 2. The molecular weight excluding hydrogens is 160 g/mol. The van der Waals surface area contributed by atoms with Crippen LogP contribution in [-0.2, 0) is 14.1 Å². The van der Waals surface area contributed by atoms with Crippen molar-refractivity contribution < 1.29 is 14.1 Å². The van der Waals surface area contributed by atoms with E-state index in [1.54, 1.807) is 6.92 Å². The maximum absolute atomic E-state index is 11.0. The van der Waals surface area contributed by atoms with Crippen LogP contribution in [0.1, 0.15) is 13.8 Å². The van der Waals surface area contributed by atoms with E-state index in [2.05, 4.69) is 6.58 Å². The lowest BCUT2D eigenvalue weighted by Crippen LogP contribution is -2.28. The van der Waals surface area contributed by atoms with E-state index in [0.717, 1.165) is 6.92 Å². The van der Waals surface area contributed by atoms with Crippen molar-refractivity contribution in [1.82, 2.24) is 0 Å². The maximum atomic E-state index is 11.0. The summed E-state index contributed by atoms with van der Waals surface area (Å²) in [6.45, 7) is 6.10. The van der Waals surface area contributed by atoms with Crippen LogP contribution >= 0.6 is 0 Å². The summed E-state index contributed by atoms with van der Waals surface area (Å²) in [5.41, 5.74) is 0. The monoisotopic (exact) mass is 170 g/mol. The van der Waals surface area contributed by atoms with Gasteiger partial charge in [-0.25, -0.2) is 0 Å². The van der Waals surface area contributed by atoms with Crippen LogP contribution in [0, 0.1) is 5.92 Å². The second-order valence-corrected chi connectivity index (χ2v) is 4.13. The highest BCUT2D eigenvalue weighted by molar-refractivity contribution is 7.01. The van der Waals surface area contributed by atoms with E-state index >= 15 is 0 Å². The standard InChI is InChI=1S/C7H10O3Si/c1-4-5(2)7(9)11(10)6(3)8/h4-5H,1H2,2-3H3. The van der Waals surface area contributed by atoms with Gasteiger partial charge in [-0.05, 0) is 6.92 Å².